The number of hydrogen-bond donors (Lipinski definition) is 1. The first-order valence-corrected chi connectivity index (χ1v) is 7.53. The summed E-state index contributed by atoms with van der Waals surface area (Å²) in [4.78, 5) is 12.1. The van der Waals surface area contributed by atoms with E-state index in [-0.39, 0.29) is 11.9 Å². The largest absolute Gasteiger partial charge is 0.403 e. The number of aromatic nitrogens is 2. The normalized spacial score (nSPS) is 10.6. The smallest absolute Gasteiger partial charge is 0.322 e. The van der Waals surface area contributed by atoms with Crippen LogP contribution in [0.2, 0.25) is 15.1 Å². The van der Waals surface area contributed by atoms with Gasteiger partial charge in [0.2, 0.25) is 0 Å². The monoisotopic (exact) mass is 367 g/mol. The number of nitrogens with zero attached hydrogens (tertiary/aromatic N) is 2. The lowest BCUT2D eigenvalue weighted by atomic mass is 10.2. The lowest BCUT2D eigenvalue weighted by Gasteiger charge is -2.02. The zero-order valence-electron chi connectivity index (χ0n) is 11.4. The first kappa shape index (κ1) is 15.8. The molecule has 0 bridgehead atoms. The Hall–Kier alpha value is -2.08. The summed E-state index contributed by atoms with van der Waals surface area (Å²) < 4.78 is 5.40. The van der Waals surface area contributed by atoms with Gasteiger partial charge in [-0.3, -0.25) is 10.1 Å². The van der Waals surface area contributed by atoms with Crippen LogP contribution in [0.15, 0.2) is 46.9 Å². The second kappa shape index (κ2) is 6.58. The van der Waals surface area contributed by atoms with E-state index in [9.17, 15) is 4.79 Å². The molecule has 8 heteroatoms. The molecule has 0 saturated carbocycles. The molecule has 2 aromatic carbocycles. The Morgan fingerprint density at radius 3 is 2.52 bits per heavy atom. The summed E-state index contributed by atoms with van der Waals surface area (Å²) in [6.07, 6.45) is 0. The van der Waals surface area contributed by atoms with Crippen LogP contribution in [-0.2, 0) is 0 Å². The molecule has 116 valence electrons. The molecule has 0 saturated heterocycles. The molecule has 0 aliphatic carbocycles. The number of benzene rings is 2. The van der Waals surface area contributed by atoms with Crippen LogP contribution in [0.3, 0.4) is 0 Å². The Labute approximate surface area is 146 Å². The van der Waals surface area contributed by atoms with Crippen molar-refractivity contribution in [2.24, 2.45) is 0 Å². The minimum atomic E-state index is -0.451. The van der Waals surface area contributed by atoms with Gasteiger partial charge in [0.25, 0.3) is 11.8 Å². The predicted molar refractivity (Wildman–Crippen MR) is 89.2 cm³/mol. The Morgan fingerprint density at radius 1 is 1.00 bits per heavy atom. The SMILES string of the molecule is O=C(Nc1nnc(-c2ccc(Cl)cc2Cl)o1)c1ccccc1Cl. The van der Waals surface area contributed by atoms with Crippen molar-refractivity contribution in [2.75, 3.05) is 5.32 Å². The third kappa shape index (κ3) is 3.47. The number of rotatable bonds is 3. The van der Waals surface area contributed by atoms with E-state index < -0.39 is 5.91 Å². The van der Waals surface area contributed by atoms with Crippen LogP contribution in [0, 0.1) is 0 Å². The molecule has 1 N–H and O–H groups in total. The van der Waals surface area contributed by atoms with Gasteiger partial charge >= 0.3 is 6.01 Å². The number of hydrogen-bond acceptors (Lipinski definition) is 4. The van der Waals surface area contributed by atoms with E-state index in [0.29, 0.717) is 26.2 Å². The highest BCUT2D eigenvalue weighted by Gasteiger charge is 2.16. The molecule has 3 rings (SSSR count). The van der Waals surface area contributed by atoms with Gasteiger partial charge in [0.15, 0.2) is 0 Å². The molecule has 23 heavy (non-hydrogen) atoms. The molecule has 1 amide bonds. The van der Waals surface area contributed by atoms with Gasteiger partial charge in [-0.15, -0.1) is 5.10 Å². The number of halogens is 3. The van der Waals surface area contributed by atoms with Crippen molar-refractivity contribution in [3.8, 4) is 11.5 Å². The van der Waals surface area contributed by atoms with Gasteiger partial charge in [0.1, 0.15) is 0 Å². The fourth-order valence-corrected chi connectivity index (χ4v) is 2.57. The van der Waals surface area contributed by atoms with E-state index in [4.69, 9.17) is 39.2 Å². The summed E-state index contributed by atoms with van der Waals surface area (Å²) in [7, 11) is 0. The van der Waals surface area contributed by atoms with Crippen molar-refractivity contribution in [2.45, 2.75) is 0 Å². The first-order chi connectivity index (χ1) is 11.0. The van der Waals surface area contributed by atoms with Crippen molar-refractivity contribution in [3.05, 3.63) is 63.1 Å². The van der Waals surface area contributed by atoms with E-state index in [1.807, 2.05) is 0 Å². The molecule has 0 spiro atoms. The molecule has 0 unspecified atom stereocenters. The molecule has 3 aromatic rings. The molecule has 0 atom stereocenters. The van der Waals surface area contributed by atoms with E-state index in [1.54, 1.807) is 42.5 Å². The second-order valence-electron chi connectivity index (χ2n) is 4.47. The summed E-state index contributed by atoms with van der Waals surface area (Å²) in [5, 5.41) is 11.3. The molecule has 0 fully saturated rings. The zero-order chi connectivity index (χ0) is 16.4. The predicted octanol–water partition coefficient (Wildman–Crippen LogP) is 4.95. The number of nitrogens with one attached hydrogen (secondary N) is 1. The number of carbonyl (C=O) groups excluding carboxylic acids is 1. The van der Waals surface area contributed by atoms with Crippen molar-refractivity contribution >= 4 is 46.7 Å². The van der Waals surface area contributed by atoms with Crippen LogP contribution in [0.1, 0.15) is 10.4 Å². The number of amides is 1. The lowest BCUT2D eigenvalue weighted by Crippen LogP contribution is -2.12. The number of anilines is 1. The summed E-state index contributed by atoms with van der Waals surface area (Å²) in [5.41, 5.74) is 0.820. The average molecular weight is 369 g/mol. The molecule has 0 aliphatic heterocycles. The molecule has 1 aromatic heterocycles. The highest BCUT2D eigenvalue weighted by atomic mass is 35.5. The molecule has 0 radical (unpaired) electrons. The second-order valence-corrected chi connectivity index (χ2v) is 5.72. The van der Waals surface area contributed by atoms with Gasteiger partial charge in [-0.2, -0.15) is 0 Å². The van der Waals surface area contributed by atoms with Gasteiger partial charge in [-0.1, -0.05) is 52.0 Å². The van der Waals surface area contributed by atoms with Crippen molar-refractivity contribution in [3.63, 3.8) is 0 Å². The summed E-state index contributed by atoms with van der Waals surface area (Å²) >= 11 is 17.9. The van der Waals surface area contributed by atoms with Crippen LogP contribution < -0.4 is 5.32 Å². The highest BCUT2D eigenvalue weighted by molar-refractivity contribution is 6.36. The molecular weight excluding hydrogens is 361 g/mol. The van der Waals surface area contributed by atoms with Gasteiger partial charge in [-0.05, 0) is 30.3 Å². The third-order valence-electron chi connectivity index (χ3n) is 2.93. The van der Waals surface area contributed by atoms with Gasteiger partial charge in [-0.25, -0.2) is 0 Å². The quantitative estimate of drug-likeness (QED) is 0.710. The van der Waals surface area contributed by atoms with Crippen LogP contribution in [0.4, 0.5) is 6.01 Å². The Morgan fingerprint density at radius 2 is 1.78 bits per heavy atom. The minimum absolute atomic E-state index is 0.0593. The fourth-order valence-electron chi connectivity index (χ4n) is 1.86. The van der Waals surface area contributed by atoms with E-state index in [0.717, 1.165) is 0 Å². The van der Waals surface area contributed by atoms with Gasteiger partial charge < -0.3 is 4.42 Å². The van der Waals surface area contributed by atoms with Crippen molar-refractivity contribution in [1.29, 1.82) is 0 Å². The molecule has 5 nitrogen and oxygen atoms in total. The van der Waals surface area contributed by atoms with Crippen LogP contribution in [0.25, 0.3) is 11.5 Å². The highest BCUT2D eigenvalue weighted by Crippen LogP contribution is 2.30. The van der Waals surface area contributed by atoms with Crippen LogP contribution in [-0.4, -0.2) is 16.1 Å². The van der Waals surface area contributed by atoms with Crippen LogP contribution >= 0.6 is 34.8 Å². The van der Waals surface area contributed by atoms with Crippen LogP contribution in [0.5, 0.6) is 0 Å². The van der Waals surface area contributed by atoms with Crippen molar-refractivity contribution < 1.29 is 9.21 Å². The van der Waals surface area contributed by atoms with Crippen molar-refractivity contribution in [1.82, 2.24) is 10.2 Å². The minimum Gasteiger partial charge on any atom is -0.403 e. The Balaban J connectivity index is 1.82. The Bertz CT molecular complexity index is 880. The average Bonchev–Trinajstić information content (AvgIpc) is 2.95. The van der Waals surface area contributed by atoms with E-state index >= 15 is 0 Å². The van der Waals surface area contributed by atoms with E-state index in [2.05, 4.69) is 15.5 Å². The molecule has 1 heterocycles. The maximum Gasteiger partial charge on any atom is 0.322 e. The van der Waals surface area contributed by atoms with E-state index in [1.165, 1.54) is 0 Å². The van der Waals surface area contributed by atoms with Gasteiger partial charge in [0, 0.05) is 5.02 Å². The topological polar surface area (TPSA) is 68.0 Å². The lowest BCUT2D eigenvalue weighted by molar-refractivity contribution is 0.102. The molecular formula is C15H8Cl3N3O2. The third-order valence-corrected chi connectivity index (χ3v) is 3.80. The zero-order valence-corrected chi connectivity index (χ0v) is 13.7. The number of carbonyl (C=O) groups is 1. The maximum atomic E-state index is 12.1. The van der Waals surface area contributed by atoms with Gasteiger partial charge in [0.05, 0.1) is 21.2 Å². The first-order valence-electron chi connectivity index (χ1n) is 6.39. The summed E-state index contributed by atoms with van der Waals surface area (Å²) in [6.45, 7) is 0. The fraction of sp³-hybridized carbons (Fsp3) is 0. The summed E-state index contributed by atoms with van der Waals surface area (Å²) in [5.74, 6) is -0.283. The molecule has 0 aliphatic rings. The standard InChI is InChI=1S/C15H8Cl3N3O2/c16-8-5-6-10(12(18)7-8)14-20-21-15(23-14)19-13(22)9-3-1-2-4-11(9)17/h1-7H,(H,19,21,22). The maximum absolute atomic E-state index is 12.1. The summed E-state index contributed by atoms with van der Waals surface area (Å²) in [6, 6.07) is 11.4. The Kier molecular flexibility index (Phi) is 4.52.